The van der Waals surface area contributed by atoms with Crippen LogP contribution in [0.2, 0.25) is 0 Å². The molecule has 0 saturated heterocycles. The number of esters is 1. The maximum absolute atomic E-state index is 12.6. The van der Waals surface area contributed by atoms with Crippen LogP contribution in [-0.2, 0) is 14.3 Å². The largest absolute Gasteiger partial charge is 0.457 e. The SMILES string of the molecule is CCC=CCC1=C(C)[C@@H](OC(=O)[C@@H]2[C@@H](C=C(C)C)C2(C)C)CC1=O. The van der Waals surface area contributed by atoms with Crippen molar-refractivity contribution in [1.82, 2.24) is 0 Å². The summed E-state index contributed by atoms with van der Waals surface area (Å²) in [5, 5.41) is 0. The van der Waals surface area contributed by atoms with Gasteiger partial charge in [0, 0.05) is 5.57 Å². The topological polar surface area (TPSA) is 43.4 Å². The van der Waals surface area contributed by atoms with Gasteiger partial charge >= 0.3 is 5.97 Å². The van der Waals surface area contributed by atoms with Crippen LogP contribution in [0.1, 0.15) is 60.8 Å². The molecule has 3 heteroatoms. The molecular formula is C21H30O3. The van der Waals surface area contributed by atoms with Gasteiger partial charge in [0.1, 0.15) is 6.10 Å². The molecular weight excluding hydrogens is 300 g/mol. The summed E-state index contributed by atoms with van der Waals surface area (Å²) in [7, 11) is 0. The normalized spacial score (nSPS) is 28.4. The number of carbonyl (C=O) groups excluding carboxylic acids is 2. The fourth-order valence-corrected chi connectivity index (χ4v) is 3.64. The monoisotopic (exact) mass is 330 g/mol. The van der Waals surface area contributed by atoms with Crippen LogP contribution in [0.25, 0.3) is 0 Å². The molecule has 0 unspecified atom stereocenters. The van der Waals surface area contributed by atoms with Crippen LogP contribution in [0, 0.1) is 17.3 Å². The number of carbonyl (C=O) groups is 2. The number of ether oxygens (including phenoxy) is 1. The van der Waals surface area contributed by atoms with Crippen molar-refractivity contribution in [2.24, 2.45) is 17.3 Å². The molecule has 0 spiro atoms. The zero-order valence-corrected chi connectivity index (χ0v) is 15.8. The number of allylic oxidation sites excluding steroid dienone is 5. The van der Waals surface area contributed by atoms with E-state index in [-0.39, 0.29) is 35.1 Å². The first kappa shape index (κ1) is 18.7. The number of rotatable bonds is 6. The van der Waals surface area contributed by atoms with E-state index in [2.05, 4.69) is 46.8 Å². The van der Waals surface area contributed by atoms with Gasteiger partial charge in [-0.2, -0.15) is 0 Å². The molecule has 3 nitrogen and oxygen atoms in total. The van der Waals surface area contributed by atoms with Crippen molar-refractivity contribution in [1.29, 1.82) is 0 Å². The summed E-state index contributed by atoms with van der Waals surface area (Å²) < 4.78 is 5.73. The fraction of sp³-hybridized carbons (Fsp3) is 0.619. The summed E-state index contributed by atoms with van der Waals surface area (Å²) in [6.45, 7) is 12.3. The number of Topliss-reactive ketones (excluding diaryl/α,β-unsaturated/α-hetero) is 1. The molecule has 2 aliphatic rings. The summed E-state index contributed by atoms with van der Waals surface area (Å²) in [5.74, 6) is 0.0923. The highest BCUT2D eigenvalue weighted by Crippen LogP contribution is 2.60. The molecule has 1 fully saturated rings. The van der Waals surface area contributed by atoms with E-state index < -0.39 is 0 Å². The lowest BCUT2D eigenvalue weighted by molar-refractivity contribution is -0.150. The van der Waals surface area contributed by atoms with Gasteiger partial charge in [-0.15, -0.1) is 0 Å². The summed E-state index contributed by atoms with van der Waals surface area (Å²) in [6, 6.07) is 0. The van der Waals surface area contributed by atoms with E-state index in [1.54, 1.807) is 0 Å². The molecule has 0 amide bonds. The van der Waals surface area contributed by atoms with Gasteiger partial charge in [0.15, 0.2) is 5.78 Å². The highest BCUT2D eigenvalue weighted by molar-refractivity contribution is 6.00. The molecule has 0 radical (unpaired) electrons. The second-order valence-corrected chi connectivity index (χ2v) is 7.87. The first-order valence-corrected chi connectivity index (χ1v) is 8.93. The van der Waals surface area contributed by atoms with Crippen LogP contribution in [0.15, 0.2) is 34.9 Å². The highest BCUT2D eigenvalue weighted by Gasteiger charge is 2.61. The van der Waals surface area contributed by atoms with Crippen molar-refractivity contribution in [3.05, 3.63) is 34.9 Å². The fourth-order valence-electron chi connectivity index (χ4n) is 3.64. The van der Waals surface area contributed by atoms with E-state index in [1.807, 2.05) is 13.0 Å². The minimum Gasteiger partial charge on any atom is -0.457 e. The minimum absolute atomic E-state index is 0.0543. The molecule has 0 N–H and O–H groups in total. The summed E-state index contributed by atoms with van der Waals surface area (Å²) >= 11 is 0. The van der Waals surface area contributed by atoms with Crippen LogP contribution < -0.4 is 0 Å². The average Bonchev–Trinajstić information content (AvgIpc) is 2.90. The van der Waals surface area contributed by atoms with Gasteiger partial charge in [-0.25, -0.2) is 0 Å². The van der Waals surface area contributed by atoms with Crippen molar-refractivity contribution < 1.29 is 14.3 Å². The maximum atomic E-state index is 12.6. The van der Waals surface area contributed by atoms with Crippen LogP contribution in [0.4, 0.5) is 0 Å². The molecule has 0 heterocycles. The maximum Gasteiger partial charge on any atom is 0.310 e. The lowest BCUT2D eigenvalue weighted by atomic mass is 10.1. The molecule has 132 valence electrons. The number of ketones is 1. The second-order valence-electron chi connectivity index (χ2n) is 7.87. The van der Waals surface area contributed by atoms with Crippen molar-refractivity contribution in [2.75, 3.05) is 0 Å². The average molecular weight is 330 g/mol. The lowest BCUT2D eigenvalue weighted by Crippen LogP contribution is -2.20. The Morgan fingerprint density at radius 2 is 1.96 bits per heavy atom. The molecule has 1 saturated carbocycles. The molecule has 2 aliphatic carbocycles. The number of hydrogen-bond acceptors (Lipinski definition) is 3. The lowest BCUT2D eigenvalue weighted by Gasteiger charge is -2.13. The molecule has 3 atom stereocenters. The smallest absolute Gasteiger partial charge is 0.310 e. The van der Waals surface area contributed by atoms with Gasteiger partial charge < -0.3 is 4.74 Å². The Hall–Kier alpha value is -1.64. The Morgan fingerprint density at radius 1 is 1.29 bits per heavy atom. The third-order valence-electron chi connectivity index (χ3n) is 5.33. The van der Waals surface area contributed by atoms with Gasteiger partial charge in [-0.3, -0.25) is 9.59 Å². The van der Waals surface area contributed by atoms with Gasteiger partial charge in [0.2, 0.25) is 0 Å². The molecule has 24 heavy (non-hydrogen) atoms. The Kier molecular flexibility index (Phi) is 5.52. The first-order valence-electron chi connectivity index (χ1n) is 8.93. The molecule has 0 aliphatic heterocycles. The molecule has 2 rings (SSSR count). The molecule has 0 aromatic carbocycles. The Labute approximate surface area is 145 Å². The summed E-state index contributed by atoms with van der Waals surface area (Å²) in [5.41, 5.74) is 2.90. The molecule has 0 aromatic heterocycles. The van der Waals surface area contributed by atoms with E-state index in [0.717, 1.165) is 17.6 Å². The highest BCUT2D eigenvalue weighted by atomic mass is 16.5. The van der Waals surface area contributed by atoms with Crippen LogP contribution >= 0.6 is 0 Å². The minimum atomic E-state index is -0.376. The van der Waals surface area contributed by atoms with E-state index in [0.29, 0.717) is 12.8 Å². The summed E-state index contributed by atoms with van der Waals surface area (Å²) in [6.07, 6.45) is 7.77. The predicted octanol–water partition coefficient (Wildman–Crippen LogP) is 4.78. The van der Waals surface area contributed by atoms with Crippen molar-refractivity contribution in [3.8, 4) is 0 Å². The zero-order chi connectivity index (χ0) is 18.1. The molecule has 0 aromatic rings. The van der Waals surface area contributed by atoms with Crippen molar-refractivity contribution in [2.45, 2.75) is 66.9 Å². The number of hydrogen-bond donors (Lipinski definition) is 0. The Morgan fingerprint density at radius 3 is 2.54 bits per heavy atom. The van der Waals surface area contributed by atoms with Gasteiger partial charge in [-0.05, 0) is 50.5 Å². The van der Waals surface area contributed by atoms with Gasteiger partial charge in [0.05, 0.1) is 12.3 Å². The zero-order valence-electron chi connectivity index (χ0n) is 15.8. The quantitative estimate of drug-likeness (QED) is 0.520. The van der Waals surface area contributed by atoms with E-state index in [9.17, 15) is 9.59 Å². The van der Waals surface area contributed by atoms with Crippen molar-refractivity contribution >= 4 is 11.8 Å². The third-order valence-corrected chi connectivity index (χ3v) is 5.33. The van der Waals surface area contributed by atoms with Crippen LogP contribution in [0.3, 0.4) is 0 Å². The van der Waals surface area contributed by atoms with Crippen LogP contribution in [-0.4, -0.2) is 17.9 Å². The van der Waals surface area contributed by atoms with E-state index in [1.165, 1.54) is 5.57 Å². The van der Waals surface area contributed by atoms with Crippen molar-refractivity contribution in [3.63, 3.8) is 0 Å². The van der Waals surface area contributed by atoms with Gasteiger partial charge in [-0.1, -0.05) is 44.6 Å². The third kappa shape index (κ3) is 3.71. The van der Waals surface area contributed by atoms with E-state index >= 15 is 0 Å². The van der Waals surface area contributed by atoms with Crippen LogP contribution in [0.5, 0.6) is 0 Å². The Balaban J connectivity index is 2.04. The predicted molar refractivity (Wildman–Crippen MR) is 96.4 cm³/mol. The standard InChI is InChI=1S/C21H30O3/c1-7-8-9-10-15-14(4)18(12-17(15)22)24-20(23)19-16(11-13(2)3)21(19,5)6/h8-9,11,16,18-19H,7,10,12H2,1-6H3/t16-,18+,19+/m1/s1. The molecule has 0 bridgehead atoms. The second kappa shape index (κ2) is 7.08. The Bertz CT molecular complexity index is 615. The summed E-state index contributed by atoms with van der Waals surface area (Å²) in [4.78, 5) is 24.8. The first-order chi connectivity index (χ1) is 11.2. The van der Waals surface area contributed by atoms with Gasteiger partial charge in [0.25, 0.3) is 0 Å². The van der Waals surface area contributed by atoms with E-state index in [4.69, 9.17) is 4.74 Å².